The van der Waals surface area contributed by atoms with Gasteiger partial charge in [0.2, 0.25) is 5.91 Å². The maximum Gasteiger partial charge on any atom is 0.227 e. The van der Waals surface area contributed by atoms with Gasteiger partial charge in [-0.2, -0.15) is 0 Å². The molecule has 1 aromatic rings. The average Bonchev–Trinajstić information content (AvgIpc) is 2.59. The lowest BCUT2D eigenvalue weighted by molar-refractivity contribution is -0.134. The topological polar surface area (TPSA) is 45.3 Å². The molecule has 1 aromatic heterocycles. The van der Waals surface area contributed by atoms with Crippen molar-refractivity contribution in [2.75, 3.05) is 26.3 Å². The highest BCUT2D eigenvalue weighted by molar-refractivity contribution is 5.79. The van der Waals surface area contributed by atoms with Gasteiger partial charge in [0.15, 0.2) is 0 Å². The molecule has 2 rings (SSSR count). The van der Waals surface area contributed by atoms with Crippen molar-refractivity contribution < 1.29 is 9.53 Å². The smallest absolute Gasteiger partial charge is 0.227 e. The van der Waals surface area contributed by atoms with Gasteiger partial charge in [-0.15, -0.1) is 0 Å². The molecule has 0 aliphatic carbocycles. The SMILES string of the molecule is Cc1cc(CC(=O)N2CCOCC2)c(C)[nH]1. The van der Waals surface area contributed by atoms with E-state index in [4.69, 9.17) is 4.74 Å². The number of aryl methyl sites for hydroxylation is 2. The van der Waals surface area contributed by atoms with E-state index in [1.54, 1.807) is 0 Å². The fourth-order valence-electron chi connectivity index (χ4n) is 2.05. The molecule has 0 bridgehead atoms. The van der Waals surface area contributed by atoms with Crippen molar-refractivity contribution in [1.82, 2.24) is 9.88 Å². The molecule has 0 radical (unpaired) electrons. The third kappa shape index (κ3) is 2.44. The minimum Gasteiger partial charge on any atom is -0.378 e. The van der Waals surface area contributed by atoms with Crippen LogP contribution < -0.4 is 0 Å². The average molecular weight is 222 g/mol. The standard InChI is InChI=1S/C12H18N2O2/c1-9-7-11(10(2)13-9)8-12(15)14-3-5-16-6-4-14/h7,13H,3-6,8H2,1-2H3. The van der Waals surface area contributed by atoms with Crippen molar-refractivity contribution in [1.29, 1.82) is 0 Å². The zero-order valence-corrected chi connectivity index (χ0v) is 9.88. The Kier molecular flexibility index (Phi) is 3.29. The molecule has 0 spiro atoms. The lowest BCUT2D eigenvalue weighted by Gasteiger charge is -2.26. The van der Waals surface area contributed by atoms with E-state index in [-0.39, 0.29) is 5.91 Å². The van der Waals surface area contributed by atoms with Crippen LogP contribution in [0.4, 0.5) is 0 Å². The van der Waals surface area contributed by atoms with E-state index in [9.17, 15) is 4.79 Å². The number of hydrogen-bond donors (Lipinski definition) is 1. The molecule has 16 heavy (non-hydrogen) atoms. The Morgan fingerprint density at radius 2 is 2.12 bits per heavy atom. The Bertz CT molecular complexity index is 378. The van der Waals surface area contributed by atoms with E-state index in [0.717, 1.165) is 30.0 Å². The van der Waals surface area contributed by atoms with Gasteiger partial charge in [-0.25, -0.2) is 0 Å². The number of H-pyrrole nitrogens is 1. The number of rotatable bonds is 2. The van der Waals surface area contributed by atoms with Crippen LogP contribution in [0.3, 0.4) is 0 Å². The highest BCUT2D eigenvalue weighted by atomic mass is 16.5. The normalized spacial score (nSPS) is 16.5. The number of carbonyl (C=O) groups is 1. The van der Waals surface area contributed by atoms with Gasteiger partial charge in [0.25, 0.3) is 0 Å². The van der Waals surface area contributed by atoms with Gasteiger partial charge in [-0.05, 0) is 25.5 Å². The maximum atomic E-state index is 12.0. The molecule has 1 saturated heterocycles. The Morgan fingerprint density at radius 3 is 2.69 bits per heavy atom. The third-order valence-corrected chi connectivity index (χ3v) is 2.96. The molecule has 2 heterocycles. The van der Waals surface area contributed by atoms with Crippen molar-refractivity contribution >= 4 is 5.91 Å². The number of aromatic nitrogens is 1. The van der Waals surface area contributed by atoms with E-state index in [0.29, 0.717) is 19.6 Å². The van der Waals surface area contributed by atoms with E-state index in [1.165, 1.54) is 0 Å². The van der Waals surface area contributed by atoms with Crippen molar-refractivity contribution in [3.63, 3.8) is 0 Å². The minimum atomic E-state index is 0.199. The van der Waals surface area contributed by atoms with Gasteiger partial charge in [0.05, 0.1) is 19.6 Å². The Morgan fingerprint density at radius 1 is 1.44 bits per heavy atom. The molecular formula is C12H18N2O2. The first-order valence-corrected chi connectivity index (χ1v) is 5.67. The number of ether oxygens (including phenoxy) is 1. The van der Waals surface area contributed by atoms with E-state index >= 15 is 0 Å². The van der Waals surface area contributed by atoms with Crippen molar-refractivity contribution in [2.45, 2.75) is 20.3 Å². The Labute approximate surface area is 95.6 Å². The van der Waals surface area contributed by atoms with E-state index < -0.39 is 0 Å². The molecule has 0 atom stereocenters. The molecule has 1 N–H and O–H groups in total. The predicted molar refractivity (Wildman–Crippen MR) is 61.4 cm³/mol. The fourth-order valence-corrected chi connectivity index (χ4v) is 2.05. The van der Waals surface area contributed by atoms with Crippen LogP contribution in [-0.2, 0) is 16.0 Å². The lowest BCUT2D eigenvalue weighted by atomic mass is 10.1. The summed E-state index contributed by atoms with van der Waals surface area (Å²) in [5.41, 5.74) is 3.32. The summed E-state index contributed by atoms with van der Waals surface area (Å²) >= 11 is 0. The van der Waals surface area contributed by atoms with Gasteiger partial charge in [0, 0.05) is 24.5 Å². The molecule has 1 aliphatic heterocycles. The first kappa shape index (κ1) is 11.2. The maximum absolute atomic E-state index is 12.0. The highest BCUT2D eigenvalue weighted by Crippen LogP contribution is 2.11. The summed E-state index contributed by atoms with van der Waals surface area (Å²) in [6, 6.07) is 2.05. The summed E-state index contributed by atoms with van der Waals surface area (Å²) in [6.07, 6.45) is 0.496. The molecule has 4 nitrogen and oxygen atoms in total. The lowest BCUT2D eigenvalue weighted by Crippen LogP contribution is -2.41. The van der Waals surface area contributed by atoms with Crippen LogP contribution in [0.1, 0.15) is 17.0 Å². The van der Waals surface area contributed by atoms with Crippen LogP contribution in [0.2, 0.25) is 0 Å². The van der Waals surface area contributed by atoms with Crippen LogP contribution in [0.15, 0.2) is 6.07 Å². The summed E-state index contributed by atoms with van der Waals surface area (Å²) in [6.45, 7) is 6.79. The summed E-state index contributed by atoms with van der Waals surface area (Å²) in [7, 11) is 0. The van der Waals surface area contributed by atoms with Crippen LogP contribution in [0, 0.1) is 13.8 Å². The molecule has 0 unspecified atom stereocenters. The number of hydrogen-bond acceptors (Lipinski definition) is 2. The number of nitrogens with one attached hydrogen (secondary N) is 1. The molecule has 1 amide bonds. The van der Waals surface area contributed by atoms with Gasteiger partial charge in [0.1, 0.15) is 0 Å². The van der Waals surface area contributed by atoms with Gasteiger partial charge in [-0.1, -0.05) is 0 Å². The quantitative estimate of drug-likeness (QED) is 0.812. The van der Waals surface area contributed by atoms with Crippen molar-refractivity contribution in [2.24, 2.45) is 0 Å². The first-order valence-electron chi connectivity index (χ1n) is 5.67. The number of amides is 1. The monoisotopic (exact) mass is 222 g/mol. The van der Waals surface area contributed by atoms with Crippen LogP contribution in [0.5, 0.6) is 0 Å². The first-order chi connectivity index (χ1) is 7.66. The van der Waals surface area contributed by atoms with Crippen LogP contribution in [0.25, 0.3) is 0 Å². The summed E-state index contributed by atoms with van der Waals surface area (Å²) < 4.78 is 5.23. The molecule has 1 fully saturated rings. The van der Waals surface area contributed by atoms with Crippen LogP contribution in [-0.4, -0.2) is 42.1 Å². The molecule has 1 aliphatic rings. The zero-order valence-electron chi connectivity index (χ0n) is 9.88. The molecule has 88 valence electrons. The largest absolute Gasteiger partial charge is 0.378 e. The predicted octanol–water partition coefficient (Wildman–Crippen LogP) is 1.03. The summed E-state index contributed by atoms with van der Waals surface area (Å²) in [5, 5.41) is 0. The fraction of sp³-hybridized carbons (Fsp3) is 0.583. The van der Waals surface area contributed by atoms with Gasteiger partial charge >= 0.3 is 0 Å². The van der Waals surface area contributed by atoms with Gasteiger partial charge < -0.3 is 14.6 Å². The minimum absolute atomic E-state index is 0.199. The molecule has 0 aromatic carbocycles. The second-order valence-corrected chi connectivity index (χ2v) is 4.27. The summed E-state index contributed by atoms with van der Waals surface area (Å²) in [5.74, 6) is 0.199. The van der Waals surface area contributed by atoms with Crippen LogP contribution >= 0.6 is 0 Å². The number of carbonyl (C=O) groups excluding carboxylic acids is 1. The zero-order chi connectivity index (χ0) is 11.5. The Hall–Kier alpha value is -1.29. The molecular weight excluding hydrogens is 204 g/mol. The number of aromatic amines is 1. The number of morpholine rings is 1. The number of nitrogens with zero attached hydrogens (tertiary/aromatic N) is 1. The van der Waals surface area contributed by atoms with Crippen molar-refractivity contribution in [3.8, 4) is 0 Å². The summed E-state index contributed by atoms with van der Waals surface area (Å²) in [4.78, 5) is 17.1. The second kappa shape index (κ2) is 4.70. The van der Waals surface area contributed by atoms with Crippen molar-refractivity contribution in [3.05, 3.63) is 23.0 Å². The Balaban J connectivity index is 1.98. The third-order valence-electron chi connectivity index (χ3n) is 2.96. The van der Waals surface area contributed by atoms with Gasteiger partial charge in [-0.3, -0.25) is 4.79 Å². The molecule has 0 saturated carbocycles. The highest BCUT2D eigenvalue weighted by Gasteiger charge is 2.18. The second-order valence-electron chi connectivity index (χ2n) is 4.27. The van der Waals surface area contributed by atoms with E-state index in [1.807, 2.05) is 24.8 Å². The molecule has 4 heteroatoms. The van der Waals surface area contributed by atoms with E-state index in [2.05, 4.69) is 4.98 Å².